The first-order valence-electron chi connectivity index (χ1n) is 7.75. The predicted octanol–water partition coefficient (Wildman–Crippen LogP) is 2.98. The molecular formula is C19H23NO3. The summed E-state index contributed by atoms with van der Waals surface area (Å²) in [6.45, 7) is 2.43. The van der Waals surface area contributed by atoms with E-state index in [1.54, 1.807) is 25.3 Å². The summed E-state index contributed by atoms with van der Waals surface area (Å²) in [5, 5.41) is 13.5. The molecule has 0 aliphatic carbocycles. The Morgan fingerprint density at radius 1 is 1.17 bits per heavy atom. The van der Waals surface area contributed by atoms with Crippen molar-refractivity contribution in [2.24, 2.45) is 0 Å². The number of hydrogen-bond donors (Lipinski definition) is 2. The van der Waals surface area contributed by atoms with Crippen LogP contribution in [-0.4, -0.2) is 30.6 Å². The van der Waals surface area contributed by atoms with Crippen LogP contribution in [0.3, 0.4) is 0 Å². The molecule has 0 radical (unpaired) electrons. The third-order valence-electron chi connectivity index (χ3n) is 3.82. The summed E-state index contributed by atoms with van der Waals surface area (Å²) in [7, 11) is 1.58. The minimum atomic E-state index is -0.594. The van der Waals surface area contributed by atoms with Crippen LogP contribution < -0.4 is 10.1 Å². The Kier molecular flexibility index (Phi) is 6.32. The van der Waals surface area contributed by atoms with Gasteiger partial charge in [-0.2, -0.15) is 0 Å². The van der Waals surface area contributed by atoms with Gasteiger partial charge in [-0.25, -0.2) is 0 Å². The van der Waals surface area contributed by atoms with E-state index in [-0.39, 0.29) is 11.8 Å². The number of methoxy groups -OCH3 is 1. The number of benzene rings is 2. The fourth-order valence-electron chi connectivity index (χ4n) is 2.40. The van der Waals surface area contributed by atoms with Crippen molar-refractivity contribution in [3.8, 4) is 5.75 Å². The molecule has 2 aromatic carbocycles. The van der Waals surface area contributed by atoms with Gasteiger partial charge >= 0.3 is 0 Å². The minimum absolute atomic E-state index is 0.0535. The van der Waals surface area contributed by atoms with Crippen LogP contribution in [0.5, 0.6) is 5.75 Å². The standard InChI is InChI=1S/C19H23NO3/c1-14(19(22)15-7-4-3-5-8-15)20-12-11-18(21)16-9-6-10-17(13-16)23-2/h3-10,13-14,19-20,22H,11-12H2,1-2H3/t14-,19-/m0/s1. The molecule has 0 aliphatic heterocycles. The highest BCUT2D eigenvalue weighted by atomic mass is 16.5. The number of nitrogens with one attached hydrogen (secondary N) is 1. The SMILES string of the molecule is COc1cccc(C(=O)CCN[C@@H](C)[C@H](O)c2ccccc2)c1. The third-order valence-corrected chi connectivity index (χ3v) is 3.82. The van der Waals surface area contributed by atoms with Crippen molar-refractivity contribution in [3.63, 3.8) is 0 Å². The second-order valence-electron chi connectivity index (χ2n) is 5.50. The maximum absolute atomic E-state index is 12.2. The Morgan fingerprint density at radius 3 is 2.61 bits per heavy atom. The van der Waals surface area contributed by atoms with Crippen molar-refractivity contribution in [3.05, 3.63) is 65.7 Å². The fraction of sp³-hybridized carbons (Fsp3) is 0.316. The van der Waals surface area contributed by atoms with Gasteiger partial charge in [-0.1, -0.05) is 42.5 Å². The lowest BCUT2D eigenvalue weighted by Gasteiger charge is -2.20. The third kappa shape index (κ3) is 4.91. The van der Waals surface area contributed by atoms with E-state index < -0.39 is 6.10 Å². The lowest BCUT2D eigenvalue weighted by molar-refractivity contribution is 0.0972. The van der Waals surface area contributed by atoms with Gasteiger partial charge in [0.2, 0.25) is 0 Å². The van der Waals surface area contributed by atoms with Gasteiger partial charge in [0, 0.05) is 24.6 Å². The quantitative estimate of drug-likeness (QED) is 0.736. The number of carbonyl (C=O) groups is 1. The molecule has 0 aliphatic rings. The van der Waals surface area contributed by atoms with Crippen LogP contribution in [0.1, 0.15) is 35.4 Å². The average molecular weight is 313 g/mol. The predicted molar refractivity (Wildman–Crippen MR) is 90.8 cm³/mol. The lowest BCUT2D eigenvalue weighted by atomic mass is 10.0. The zero-order valence-corrected chi connectivity index (χ0v) is 13.5. The molecule has 0 saturated carbocycles. The molecule has 23 heavy (non-hydrogen) atoms. The number of hydrogen-bond acceptors (Lipinski definition) is 4. The van der Waals surface area contributed by atoms with Crippen molar-refractivity contribution in [1.29, 1.82) is 0 Å². The monoisotopic (exact) mass is 313 g/mol. The van der Waals surface area contributed by atoms with Crippen LogP contribution in [0.4, 0.5) is 0 Å². The molecule has 0 fully saturated rings. The highest BCUT2D eigenvalue weighted by molar-refractivity contribution is 5.96. The summed E-state index contributed by atoms with van der Waals surface area (Å²) >= 11 is 0. The van der Waals surface area contributed by atoms with E-state index in [4.69, 9.17) is 4.74 Å². The molecule has 0 aromatic heterocycles. The number of ketones is 1. The van der Waals surface area contributed by atoms with Crippen LogP contribution in [0.2, 0.25) is 0 Å². The highest BCUT2D eigenvalue weighted by Crippen LogP contribution is 2.16. The fourth-order valence-corrected chi connectivity index (χ4v) is 2.40. The second kappa shape index (κ2) is 8.46. The Morgan fingerprint density at radius 2 is 1.91 bits per heavy atom. The normalized spacial score (nSPS) is 13.3. The van der Waals surface area contributed by atoms with Crippen LogP contribution in [0.25, 0.3) is 0 Å². The largest absolute Gasteiger partial charge is 0.497 e. The van der Waals surface area contributed by atoms with Gasteiger partial charge in [-0.05, 0) is 24.6 Å². The Labute approximate surface area is 137 Å². The molecule has 0 saturated heterocycles. The first kappa shape index (κ1) is 17.2. The van der Waals surface area contributed by atoms with Crippen LogP contribution >= 0.6 is 0 Å². The number of Topliss-reactive ketones (excluding diaryl/α,β-unsaturated/α-hetero) is 1. The molecule has 0 amide bonds. The van der Waals surface area contributed by atoms with Gasteiger partial charge in [0.15, 0.2) is 5.78 Å². The zero-order valence-electron chi connectivity index (χ0n) is 13.5. The maximum atomic E-state index is 12.2. The van der Waals surface area contributed by atoms with E-state index >= 15 is 0 Å². The molecule has 122 valence electrons. The van der Waals surface area contributed by atoms with Crippen molar-refractivity contribution in [2.75, 3.05) is 13.7 Å². The van der Waals surface area contributed by atoms with Crippen molar-refractivity contribution < 1.29 is 14.6 Å². The molecule has 4 nitrogen and oxygen atoms in total. The molecule has 0 unspecified atom stereocenters. The first-order valence-corrected chi connectivity index (χ1v) is 7.75. The minimum Gasteiger partial charge on any atom is -0.497 e. The molecule has 2 aromatic rings. The van der Waals surface area contributed by atoms with Crippen LogP contribution in [0, 0.1) is 0 Å². The molecule has 0 heterocycles. The maximum Gasteiger partial charge on any atom is 0.164 e. The molecule has 4 heteroatoms. The summed E-state index contributed by atoms with van der Waals surface area (Å²) in [6.07, 6.45) is -0.220. The van der Waals surface area contributed by atoms with Gasteiger partial charge < -0.3 is 15.2 Å². The topological polar surface area (TPSA) is 58.6 Å². The van der Waals surface area contributed by atoms with Crippen LogP contribution in [-0.2, 0) is 0 Å². The van der Waals surface area contributed by atoms with Gasteiger partial charge in [0.05, 0.1) is 13.2 Å². The number of ether oxygens (including phenoxy) is 1. The second-order valence-corrected chi connectivity index (χ2v) is 5.50. The number of aliphatic hydroxyl groups is 1. The van der Waals surface area contributed by atoms with Crippen molar-refractivity contribution in [1.82, 2.24) is 5.32 Å². The summed E-state index contributed by atoms with van der Waals surface area (Å²) in [5.41, 5.74) is 1.51. The van der Waals surface area contributed by atoms with Crippen molar-refractivity contribution >= 4 is 5.78 Å². The van der Waals surface area contributed by atoms with Gasteiger partial charge in [0.25, 0.3) is 0 Å². The van der Waals surface area contributed by atoms with E-state index in [1.165, 1.54) is 0 Å². The van der Waals surface area contributed by atoms with Crippen LogP contribution in [0.15, 0.2) is 54.6 Å². The van der Waals surface area contributed by atoms with Gasteiger partial charge in [0.1, 0.15) is 5.75 Å². The Hall–Kier alpha value is -2.17. The van der Waals surface area contributed by atoms with E-state index in [9.17, 15) is 9.90 Å². The summed E-state index contributed by atoms with van der Waals surface area (Å²) in [5.74, 6) is 0.731. The van der Waals surface area contributed by atoms with Crippen molar-refractivity contribution in [2.45, 2.75) is 25.5 Å². The molecule has 2 N–H and O–H groups in total. The molecule has 2 atom stereocenters. The van der Waals surface area contributed by atoms with Gasteiger partial charge in [-0.15, -0.1) is 0 Å². The number of aliphatic hydroxyl groups excluding tert-OH is 1. The lowest BCUT2D eigenvalue weighted by Crippen LogP contribution is -2.33. The zero-order chi connectivity index (χ0) is 16.7. The number of carbonyl (C=O) groups excluding carboxylic acids is 1. The Bertz CT molecular complexity index is 628. The summed E-state index contributed by atoms with van der Waals surface area (Å²) in [4.78, 5) is 12.2. The smallest absolute Gasteiger partial charge is 0.164 e. The van der Waals surface area contributed by atoms with E-state index in [0.29, 0.717) is 24.3 Å². The molecule has 2 rings (SSSR count). The molecule has 0 spiro atoms. The van der Waals surface area contributed by atoms with E-state index in [1.807, 2.05) is 43.3 Å². The van der Waals surface area contributed by atoms with E-state index in [2.05, 4.69) is 5.32 Å². The van der Waals surface area contributed by atoms with E-state index in [0.717, 1.165) is 5.56 Å². The Balaban J connectivity index is 1.83. The number of rotatable bonds is 8. The van der Waals surface area contributed by atoms with Gasteiger partial charge in [-0.3, -0.25) is 4.79 Å². The molecular weight excluding hydrogens is 290 g/mol. The molecule has 0 bridgehead atoms. The average Bonchev–Trinajstić information content (AvgIpc) is 2.61. The summed E-state index contributed by atoms with van der Waals surface area (Å²) < 4.78 is 5.13. The summed E-state index contributed by atoms with van der Waals surface area (Å²) in [6, 6.07) is 16.5. The first-order chi connectivity index (χ1) is 11.1. The highest BCUT2D eigenvalue weighted by Gasteiger charge is 2.16.